The molecule has 0 fully saturated rings. The molecule has 0 saturated heterocycles. The molecule has 0 saturated carbocycles. The molecule has 1 aromatic heterocycles. The summed E-state index contributed by atoms with van der Waals surface area (Å²) in [5.74, 6) is 0.477. The summed E-state index contributed by atoms with van der Waals surface area (Å²) in [6.45, 7) is 4.53. The van der Waals surface area contributed by atoms with E-state index >= 15 is 0 Å². The second-order valence-electron chi connectivity index (χ2n) is 4.22. The average molecular weight is 292 g/mol. The van der Waals surface area contributed by atoms with Gasteiger partial charge in [-0.05, 0) is 32.0 Å². The molecule has 0 aliphatic carbocycles. The Morgan fingerprint density at radius 1 is 1.25 bits per heavy atom. The van der Waals surface area contributed by atoms with Gasteiger partial charge in [-0.15, -0.1) is 13.2 Å². The van der Waals surface area contributed by atoms with E-state index in [2.05, 4.69) is 15.0 Å². The van der Waals surface area contributed by atoms with Gasteiger partial charge in [0.25, 0.3) is 0 Å². The van der Waals surface area contributed by atoms with Crippen LogP contribution < -0.4 is 10.1 Å². The molecular weight excluding hydrogens is 273 g/mol. The zero-order chi connectivity index (χ0) is 15.0. The van der Waals surface area contributed by atoms with Crippen LogP contribution in [0.25, 0.3) is 0 Å². The van der Waals surface area contributed by atoms with Crippen molar-refractivity contribution in [1.82, 2.24) is 10.3 Å². The third kappa shape index (κ3) is 6.72. The van der Waals surface area contributed by atoms with Crippen molar-refractivity contribution in [2.75, 3.05) is 19.8 Å². The van der Waals surface area contributed by atoms with Crippen molar-refractivity contribution in [1.29, 1.82) is 0 Å². The molecule has 1 heterocycles. The van der Waals surface area contributed by atoms with Crippen molar-refractivity contribution < 1.29 is 22.6 Å². The van der Waals surface area contributed by atoms with Gasteiger partial charge >= 0.3 is 6.36 Å². The first-order valence-corrected chi connectivity index (χ1v) is 6.43. The monoisotopic (exact) mass is 292 g/mol. The first-order valence-electron chi connectivity index (χ1n) is 6.43. The van der Waals surface area contributed by atoms with Crippen LogP contribution in [0, 0.1) is 6.92 Å². The van der Waals surface area contributed by atoms with Gasteiger partial charge in [0.2, 0.25) is 0 Å². The number of hydrogen-bond acceptors (Lipinski definition) is 4. The number of aryl methyl sites for hydroxylation is 1. The predicted molar refractivity (Wildman–Crippen MR) is 68.5 cm³/mol. The molecule has 4 nitrogen and oxygen atoms in total. The number of alkyl halides is 3. The van der Waals surface area contributed by atoms with E-state index in [4.69, 9.17) is 4.74 Å². The molecule has 0 aliphatic heterocycles. The summed E-state index contributed by atoms with van der Waals surface area (Å²) in [6.07, 6.45) is -3.64. The standard InChI is InChI=1S/C13H19F3N2O2/c1-3-6-17-9-11-12(5-4-10(2)18-11)19-7-8-20-13(14,15)16/h4-5,17H,3,6-9H2,1-2H3. The van der Waals surface area contributed by atoms with Crippen LogP contribution in [0.2, 0.25) is 0 Å². The highest BCUT2D eigenvalue weighted by molar-refractivity contribution is 5.29. The molecule has 1 rings (SSSR count). The van der Waals surface area contributed by atoms with E-state index in [-0.39, 0.29) is 6.61 Å². The Bertz CT molecular complexity index is 411. The normalized spacial score (nSPS) is 11.7. The van der Waals surface area contributed by atoms with Gasteiger partial charge in [0.05, 0.1) is 12.3 Å². The van der Waals surface area contributed by atoms with Gasteiger partial charge in [-0.25, -0.2) is 0 Å². The number of rotatable bonds is 8. The van der Waals surface area contributed by atoms with Crippen molar-refractivity contribution in [2.24, 2.45) is 0 Å². The fraction of sp³-hybridized carbons (Fsp3) is 0.615. The van der Waals surface area contributed by atoms with Crippen molar-refractivity contribution in [3.63, 3.8) is 0 Å². The topological polar surface area (TPSA) is 43.4 Å². The summed E-state index contributed by atoms with van der Waals surface area (Å²) in [5.41, 5.74) is 1.52. The quantitative estimate of drug-likeness (QED) is 0.748. The number of halogens is 3. The van der Waals surface area contributed by atoms with Gasteiger partial charge < -0.3 is 10.1 Å². The lowest BCUT2D eigenvalue weighted by molar-refractivity contribution is -0.325. The van der Waals surface area contributed by atoms with Crippen LogP contribution in [0.5, 0.6) is 5.75 Å². The highest BCUT2D eigenvalue weighted by atomic mass is 19.4. The number of pyridine rings is 1. The van der Waals surface area contributed by atoms with Crippen LogP contribution in [0.15, 0.2) is 12.1 Å². The second kappa shape index (κ2) is 8.06. The van der Waals surface area contributed by atoms with Gasteiger partial charge in [-0.1, -0.05) is 6.92 Å². The number of aromatic nitrogens is 1. The SMILES string of the molecule is CCCNCc1nc(C)ccc1OCCOC(F)(F)F. The fourth-order valence-electron chi connectivity index (χ4n) is 1.55. The van der Waals surface area contributed by atoms with E-state index in [1.807, 2.05) is 13.8 Å². The van der Waals surface area contributed by atoms with Crippen molar-refractivity contribution in [2.45, 2.75) is 33.2 Å². The molecule has 0 spiro atoms. The predicted octanol–water partition coefficient (Wildman–Crippen LogP) is 2.80. The second-order valence-corrected chi connectivity index (χ2v) is 4.22. The van der Waals surface area contributed by atoms with Crippen molar-refractivity contribution >= 4 is 0 Å². The zero-order valence-corrected chi connectivity index (χ0v) is 11.6. The molecular formula is C13H19F3N2O2. The first-order chi connectivity index (χ1) is 9.42. The third-order valence-electron chi connectivity index (χ3n) is 2.40. The Morgan fingerprint density at radius 3 is 2.65 bits per heavy atom. The molecule has 1 aromatic rings. The fourth-order valence-corrected chi connectivity index (χ4v) is 1.55. The third-order valence-corrected chi connectivity index (χ3v) is 2.40. The van der Waals surface area contributed by atoms with Crippen molar-refractivity contribution in [3.05, 3.63) is 23.5 Å². The minimum Gasteiger partial charge on any atom is -0.489 e. The number of nitrogens with one attached hydrogen (secondary N) is 1. The van der Waals surface area contributed by atoms with E-state index in [0.29, 0.717) is 18.0 Å². The molecule has 1 N–H and O–H groups in total. The Hall–Kier alpha value is -1.34. The smallest absolute Gasteiger partial charge is 0.489 e. The van der Waals surface area contributed by atoms with Gasteiger partial charge in [0.15, 0.2) is 0 Å². The van der Waals surface area contributed by atoms with Gasteiger partial charge in [-0.3, -0.25) is 9.72 Å². The maximum atomic E-state index is 11.8. The van der Waals surface area contributed by atoms with Gasteiger partial charge in [0, 0.05) is 12.2 Å². The maximum Gasteiger partial charge on any atom is 0.522 e. The number of hydrogen-bond donors (Lipinski definition) is 1. The summed E-state index contributed by atoms with van der Waals surface area (Å²) in [6, 6.07) is 3.46. The molecule has 7 heteroatoms. The molecule has 0 atom stereocenters. The average Bonchev–Trinajstić information content (AvgIpc) is 2.36. The molecule has 0 aromatic carbocycles. The summed E-state index contributed by atoms with van der Waals surface area (Å²) in [4.78, 5) is 4.32. The van der Waals surface area contributed by atoms with Crippen molar-refractivity contribution in [3.8, 4) is 5.75 Å². The summed E-state index contributed by atoms with van der Waals surface area (Å²) < 4.78 is 44.4. The highest BCUT2D eigenvalue weighted by Gasteiger charge is 2.28. The Kier molecular flexibility index (Phi) is 6.74. The lowest BCUT2D eigenvalue weighted by Gasteiger charge is -2.13. The van der Waals surface area contributed by atoms with Crippen LogP contribution >= 0.6 is 0 Å². The first kappa shape index (κ1) is 16.7. The van der Waals surface area contributed by atoms with E-state index in [0.717, 1.165) is 18.7 Å². The molecule has 20 heavy (non-hydrogen) atoms. The number of nitrogens with zero attached hydrogens (tertiary/aromatic N) is 1. The van der Waals surface area contributed by atoms with E-state index < -0.39 is 13.0 Å². The van der Waals surface area contributed by atoms with Gasteiger partial charge in [0.1, 0.15) is 12.4 Å². The molecule has 0 aliphatic rings. The lowest BCUT2D eigenvalue weighted by Crippen LogP contribution is -2.19. The molecule has 0 radical (unpaired) electrons. The van der Waals surface area contributed by atoms with Crippen LogP contribution in [0.4, 0.5) is 13.2 Å². The van der Waals surface area contributed by atoms with Crippen LogP contribution in [0.1, 0.15) is 24.7 Å². The molecule has 0 amide bonds. The van der Waals surface area contributed by atoms with Crippen LogP contribution in [0.3, 0.4) is 0 Å². The Balaban J connectivity index is 2.51. The Labute approximate surface area is 116 Å². The largest absolute Gasteiger partial charge is 0.522 e. The zero-order valence-electron chi connectivity index (χ0n) is 11.6. The minimum atomic E-state index is -4.62. The van der Waals surface area contributed by atoms with E-state index in [1.165, 1.54) is 0 Å². The highest BCUT2D eigenvalue weighted by Crippen LogP contribution is 2.18. The van der Waals surface area contributed by atoms with E-state index in [9.17, 15) is 13.2 Å². The maximum absolute atomic E-state index is 11.8. The van der Waals surface area contributed by atoms with E-state index in [1.54, 1.807) is 12.1 Å². The lowest BCUT2D eigenvalue weighted by atomic mass is 10.2. The molecule has 0 unspecified atom stereocenters. The molecule has 114 valence electrons. The Morgan fingerprint density at radius 2 is 2.00 bits per heavy atom. The minimum absolute atomic E-state index is 0.176. The summed E-state index contributed by atoms with van der Waals surface area (Å²) in [5, 5.41) is 3.18. The van der Waals surface area contributed by atoms with Crippen LogP contribution in [-0.2, 0) is 11.3 Å². The van der Waals surface area contributed by atoms with Gasteiger partial charge in [-0.2, -0.15) is 0 Å². The summed E-state index contributed by atoms with van der Waals surface area (Å²) >= 11 is 0. The number of ether oxygens (including phenoxy) is 2. The summed E-state index contributed by atoms with van der Waals surface area (Å²) in [7, 11) is 0. The van der Waals surface area contributed by atoms with Crippen LogP contribution in [-0.4, -0.2) is 31.1 Å². The molecule has 0 bridgehead atoms.